The third-order valence-corrected chi connectivity index (χ3v) is 2.82. The molecule has 1 aliphatic rings. The Labute approximate surface area is 89.4 Å². The van der Waals surface area contributed by atoms with Gasteiger partial charge in [-0.15, -0.1) is 0 Å². The predicted octanol–water partition coefficient (Wildman–Crippen LogP) is 2.54. The molecular weight excluding hydrogens is 190 g/mol. The molecule has 0 aliphatic heterocycles. The number of anilines is 1. The normalized spacial score (nSPS) is 25.5. The molecule has 0 radical (unpaired) electrons. The van der Waals surface area contributed by atoms with Gasteiger partial charge < -0.3 is 0 Å². The van der Waals surface area contributed by atoms with Crippen LogP contribution in [0.1, 0.15) is 26.2 Å². The van der Waals surface area contributed by atoms with Gasteiger partial charge in [0.05, 0.1) is 5.69 Å². The minimum Gasteiger partial charge on any atom is -0.296 e. The van der Waals surface area contributed by atoms with Crippen LogP contribution in [0.2, 0.25) is 0 Å². The Hall–Kier alpha value is -1.35. The summed E-state index contributed by atoms with van der Waals surface area (Å²) in [5.74, 6) is 0.186. The van der Waals surface area contributed by atoms with Crippen LogP contribution >= 0.6 is 0 Å². The van der Waals surface area contributed by atoms with Gasteiger partial charge in [0.1, 0.15) is 0 Å². The number of para-hydroxylation sites is 1. The smallest absolute Gasteiger partial charge is 0.167 e. The van der Waals surface area contributed by atoms with Crippen LogP contribution in [-0.2, 0) is 9.63 Å². The molecule has 3 nitrogen and oxygen atoms in total. The number of benzene rings is 1. The second-order valence-electron chi connectivity index (χ2n) is 4.08. The van der Waals surface area contributed by atoms with Crippen molar-refractivity contribution in [2.45, 2.75) is 31.8 Å². The van der Waals surface area contributed by atoms with E-state index in [1.54, 1.807) is 0 Å². The first-order chi connectivity index (χ1) is 7.21. The van der Waals surface area contributed by atoms with E-state index < -0.39 is 5.60 Å². The fraction of sp³-hybridized carbons (Fsp3) is 0.417. The van der Waals surface area contributed by atoms with Crippen molar-refractivity contribution in [3.05, 3.63) is 30.3 Å². The molecule has 1 aromatic rings. The van der Waals surface area contributed by atoms with E-state index >= 15 is 0 Å². The number of Topliss-reactive ketones (excluding diaryl/α,β-unsaturated/α-hetero) is 1. The molecule has 1 fully saturated rings. The summed E-state index contributed by atoms with van der Waals surface area (Å²) in [7, 11) is 0. The zero-order valence-electron chi connectivity index (χ0n) is 8.82. The molecule has 0 spiro atoms. The van der Waals surface area contributed by atoms with E-state index in [0.717, 1.165) is 18.5 Å². The van der Waals surface area contributed by atoms with Gasteiger partial charge in [-0.3, -0.25) is 15.1 Å². The van der Waals surface area contributed by atoms with E-state index in [2.05, 4.69) is 5.48 Å². The van der Waals surface area contributed by atoms with Crippen LogP contribution in [0, 0.1) is 0 Å². The van der Waals surface area contributed by atoms with Gasteiger partial charge in [0.2, 0.25) is 0 Å². The van der Waals surface area contributed by atoms with Crippen molar-refractivity contribution in [2.24, 2.45) is 0 Å². The fourth-order valence-electron chi connectivity index (χ4n) is 1.78. The second-order valence-corrected chi connectivity index (χ2v) is 4.08. The van der Waals surface area contributed by atoms with Gasteiger partial charge in [0.25, 0.3) is 0 Å². The summed E-state index contributed by atoms with van der Waals surface area (Å²) in [5, 5.41) is 0. The number of ketones is 1. The van der Waals surface area contributed by atoms with Crippen LogP contribution in [0.15, 0.2) is 30.3 Å². The minimum atomic E-state index is -0.643. The molecule has 0 bridgehead atoms. The summed E-state index contributed by atoms with van der Waals surface area (Å²) in [6.45, 7) is 1.85. The van der Waals surface area contributed by atoms with Crippen molar-refractivity contribution in [1.29, 1.82) is 0 Å². The maximum Gasteiger partial charge on any atom is 0.167 e. The third kappa shape index (κ3) is 2.18. The van der Waals surface area contributed by atoms with Crippen LogP contribution in [0.25, 0.3) is 0 Å². The molecule has 1 aliphatic carbocycles. The average Bonchev–Trinajstić information content (AvgIpc) is 2.59. The average molecular weight is 205 g/mol. The first-order valence-electron chi connectivity index (χ1n) is 5.23. The number of nitrogens with one attached hydrogen (secondary N) is 1. The number of carbonyl (C=O) groups excluding carboxylic acids is 1. The lowest BCUT2D eigenvalue weighted by atomic mass is 10.1. The molecule has 0 heterocycles. The first kappa shape index (κ1) is 10.2. The van der Waals surface area contributed by atoms with Gasteiger partial charge in [0, 0.05) is 6.42 Å². The summed E-state index contributed by atoms with van der Waals surface area (Å²) in [5.41, 5.74) is 3.07. The molecule has 80 valence electrons. The minimum absolute atomic E-state index is 0.186. The van der Waals surface area contributed by atoms with E-state index in [1.165, 1.54) is 0 Å². The zero-order valence-corrected chi connectivity index (χ0v) is 8.82. The molecule has 3 heteroatoms. The van der Waals surface area contributed by atoms with Crippen LogP contribution in [-0.4, -0.2) is 11.4 Å². The first-order valence-corrected chi connectivity index (χ1v) is 5.23. The molecule has 0 amide bonds. The van der Waals surface area contributed by atoms with Crippen LogP contribution < -0.4 is 5.48 Å². The SMILES string of the molecule is CC1(ONc2ccccc2)CCCC1=O. The molecule has 1 atom stereocenters. The highest BCUT2D eigenvalue weighted by Crippen LogP contribution is 2.29. The van der Waals surface area contributed by atoms with Gasteiger partial charge in [0.15, 0.2) is 11.4 Å². The van der Waals surface area contributed by atoms with E-state index in [-0.39, 0.29) is 5.78 Å². The summed E-state index contributed by atoms with van der Waals surface area (Å²) < 4.78 is 0. The quantitative estimate of drug-likeness (QED) is 0.771. The largest absolute Gasteiger partial charge is 0.296 e. The van der Waals surface area contributed by atoms with Gasteiger partial charge >= 0.3 is 0 Å². The van der Waals surface area contributed by atoms with Crippen molar-refractivity contribution in [3.63, 3.8) is 0 Å². The highest BCUT2D eigenvalue weighted by atomic mass is 16.7. The maximum atomic E-state index is 11.6. The Morgan fingerprint density at radius 1 is 1.33 bits per heavy atom. The third-order valence-electron chi connectivity index (χ3n) is 2.82. The lowest BCUT2D eigenvalue weighted by molar-refractivity contribution is -0.134. The Balaban J connectivity index is 1.96. The van der Waals surface area contributed by atoms with E-state index in [0.29, 0.717) is 6.42 Å². The second kappa shape index (κ2) is 4.03. The highest BCUT2D eigenvalue weighted by Gasteiger charge is 2.39. The Morgan fingerprint density at radius 3 is 2.67 bits per heavy atom. The monoisotopic (exact) mass is 205 g/mol. The molecule has 1 saturated carbocycles. The summed E-state index contributed by atoms with van der Waals surface area (Å²) >= 11 is 0. The Bertz CT molecular complexity index is 350. The highest BCUT2D eigenvalue weighted by molar-refractivity contribution is 5.88. The van der Waals surface area contributed by atoms with Crippen molar-refractivity contribution in [1.82, 2.24) is 0 Å². The van der Waals surface area contributed by atoms with Crippen LogP contribution in [0.3, 0.4) is 0 Å². The molecule has 0 aromatic heterocycles. The van der Waals surface area contributed by atoms with E-state index in [9.17, 15) is 4.79 Å². The van der Waals surface area contributed by atoms with Gasteiger partial charge in [-0.05, 0) is 31.9 Å². The van der Waals surface area contributed by atoms with Gasteiger partial charge in [-0.25, -0.2) is 0 Å². The Kier molecular flexibility index (Phi) is 2.73. The van der Waals surface area contributed by atoms with Crippen molar-refractivity contribution < 1.29 is 9.63 Å². The van der Waals surface area contributed by atoms with Crippen LogP contribution in [0.5, 0.6) is 0 Å². The molecule has 1 aromatic carbocycles. The molecular formula is C12H15NO2. The zero-order chi connectivity index (χ0) is 10.7. The number of hydrogen-bond acceptors (Lipinski definition) is 3. The van der Waals surface area contributed by atoms with Crippen molar-refractivity contribution in [2.75, 3.05) is 5.48 Å². The lowest BCUT2D eigenvalue weighted by Gasteiger charge is -2.22. The number of hydrogen-bond donors (Lipinski definition) is 1. The molecule has 1 N–H and O–H groups in total. The lowest BCUT2D eigenvalue weighted by Crippen LogP contribution is -2.35. The number of carbonyl (C=O) groups is 1. The Morgan fingerprint density at radius 2 is 2.07 bits per heavy atom. The van der Waals surface area contributed by atoms with Gasteiger partial charge in [-0.2, -0.15) is 0 Å². The molecule has 2 rings (SSSR count). The molecule has 15 heavy (non-hydrogen) atoms. The summed E-state index contributed by atoms with van der Waals surface area (Å²) in [6.07, 6.45) is 2.35. The van der Waals surface area contributed by atoms with E-state index in [1.807, 2.05) is 37.3 Å². The topological polar surface area (TPSA) is 38.3 Å². The standard InChI is InChI=1S/C12H15NO2/c1-12(9-5-8-11(12)14)15-13-10-6-3-2-4-7-10/h2-4,6-7,13H,5,8-9H2,1H3. The summed E-state index contributed by atoms with van der Waals surface area (Å²) in [4.78, 5) is 17.0. The van der Waals surface area contributed by atoms with Gasteiger partial charge in [-0.1, -0.05) is 18.2 Å². The number of rotatable bonds is 3. The van der Waals surface area contributed by atoms with Crippen LogP contribution in [0.4, 0.5) is 5.69 Å². The summed E-state index contributed by atoms with van der Waals surface area (Å²) in [6, 6.07) is 9.59. The predicted molar refractivity (Wildman–Crippen MR) is 58.4 cm³/mol. The maximum absolute atomic E-state index is 11.6. The molecule has 0 saturated heterocycles. The van der Waals surface area contributed by atoms with Crippen molar-refractivity contribution in [3.8, 4) is 0 Å². The molecule has 1 unspecified atom stereocenters. The van der Waals surface area contributed by atoms with E-state index in [4.69, 9.17) is 4.84 Å². The van der Waals surface area contributed by atoms with Crippen molar-refractivity contribution >= 4 is 11.5 Å². The fourth-order valence-corrected chi connectivity index (χ4v) is 1.78.